The van der Waals surface area contributed by atoms with Crippen molar-refractivity contribution in [3.8, 4) is 6.07 Å². The molecule has 0 aliphatic carbocycles. The molecule has 0 saturated heterocycles. The van der Waals surface area contributed by atoms with Gasteiger partial charge in [-0.2, -0.15) is 5.26 Å². The lowest BCUT2D eigenvalue weighted by atomic mass is 10.0. The molecule has 170 valence electrons. The fraction of sp³-hybridized carbons (Fsp3) is 0.280. The maximum atomic E-state index is 13.1. The number of allylic oxidation sites excluding steroid dienone is 1. The number of esters is 2. The minimum atomic E-state index is -0.610. The van der Waals surface area contributed by atoms with Crippen LogP contribution < -0.4 is 0 Å². The van der Waals surface area contributed by atoms with Gasteiger partial charge in [0.1, 0.15) is 10.9 Å². The van der Waals surface area contributed by atoms with Gasteiger partial charge < -0.3 is 14.0 Å². The lowest BCUT2D eigenvalue weighted by Gasteiger charge is -2.05. The highest BCUT2D eigenvalue weighted by Gasteiger charge is 2.28. The maximum absolute atomic E-state index is 13.1. The largest absolute Gasteiger partial charge is 0.462 e. The predicted octanol–water partition coefficient (Wildman–Crippen LogP) is 4.62. The number of carbonyl (C=O) groups is 3. The number of benzene rings is 1. The van der Waals surface area contributed by atoms with Gasteiger partial charge in [-0.25, -0.2) is 9.59 Å². The van der Waals surface area contributed by atoms with E-state index in [2.05, 4.69) is 0 Å². The molecule has 8 heteroatoms. The van der Waals surface area contributed by atoms with Gasteiger partial charge in [0.25, 0.3) is 0 Å². The number of ketones is 1. The summed E-state index contributed by atoms with van der Waals surface area (Å²) in [5.41, 5.74) is 2.28. The summed E-state index contributed by atoms with van der Waals surface area (Å²) in [5, 5.41) is 10.6. The molecule has 0 saturated carbocycles. The Kier molecular flexibility index (Phi) is 7.46. The summed E-state index contributed by atoms with van der Waals surface area (Å²) in [6, 6.07) is 9.68. The van der Waals surface area contributed by atoms with Crippen molar-refractivity contribution in [2.45, 2.75) is 27.2 Å². The van der Waals surface area contributed by atoms with Crippen molar-refractivity contribution in [3.05, 3.63) is 62.5 Å². The second-order valence-electron chi connectivity index (χ2n) is 7.28. The molecule has 0 N–H and O–H groups in total. The number of rotatable bonds is 8. The van der Waals surface area contributed by atoms with Crippen molar-refractivity contribution < 1.29 is 23.9 Å². The number of para-hydroxylation sites is 1. The third-order valence-corrected chi connectivity index (χ3v) is 6.40. The second kappa shape index (κ2) is 10.3. The maximum Gasteiger partial charge on any atom is 0.348 e. The SMILES string of the molecule is CCOC(=O)c1sc(CC(=O)/C(C#N)=C/c2cn(C)c3ccccc23)c(C(=O)OCC)c1C. The highest BCUT2D eigenvalue weighted by molar-refractivity contribution is 7.14. The smallest absolute Gasteiger partial charge is 0.348 e. The van der Waals surface area contributed by atoms with Gasteiger partial charge in [0.05, 0.1) is 24.4 Å². The Morgan fingerprint density at radius 2 is 1.79 bits per heavy atom. The molecule has 0 atom stereocenters. The van der Waals surface area contributed by atoms with Crippen molar-refractivity contribution in [3.63, 3.8) is 0 Å². The number of carbonyl (C=O) groups excluding carboxylic acids is 3. The number of nitriles is 1. The normalized spacial score (nSPS) is 11.3. The first-order chi connectivity index (χ1) is 15.8. The molecule has 0 radical (unpaired) electrons. The van der Waals surface area contributed by atoms with Crippen LogP contribution in [0.5, 0.6) is 0 Å². The second-order valence-corrected chi connectivity index (χ2v) is 8.38. The molecule has 0 unspecified atom stereocenters. The monoisotopic (exact) mass is 464 g/mol. The minimum absolute atomic E-state index is 0.0371. The lowest BCUT2D eigenvalue weighted by molar-refractivity contribution is -0.114. The van der Waals surface area contributed by atoms with Crippen LogP contribution in [0, 0.1) is 18.3 Å². The quantitative estimate of drug-likeness (QED) is 0.274. The van der Waals surface area contributed by atoms with Crippen molar-refractivity contribution in [1.29, 1.82) is 5.26 Å². The summed E-state index contributed by atoms with van der Waals surface area (Å²) in [7, 11) is 1.89. The molecule has 0 amide bonds. The van der Waals surface area contributed by atoms with E-state index >= 15 is 0 Å². The van der Waals surface area contributed by atoms with Crippen LogP contribution in [-0.4, -0.2) is 35.5 Å². The van der Waals surface area contributed by atoms with E-state index in [0.29, 0.717) is 10.4 Å². The number of thiophene rings is 1. The predicted molar refractivity (Wildman–Crippen MR) is 126 cm³/mol. The average molecular weight is 465 g/mol. The van der Waals surface area contributed by atoms with Gasteiger partial charge in [-0.05, 0) is 38.5 Å². The molecule has 0 spiro atoms. The van der Waals surface area contributed by atoms with E-state index < -0.39 is 17.7 Å². The van der Waals surface area contributed by atoms with Crippen LogP contribution in [0.4, 0.5) is 0 Å². The van der Waals surface area contributed by atoms with Crippen molar-refractivity contribution in [2.24, 2.45) is 7.05 Å². The molecule has 0 bridgehead atoms. The van der Waals surface area contributed by atoms with E-state index in [9.17, 15) is 19.6 Å². The molecule has 7 nitrogen and oxygen atoms in total. The highest BCUT2D eigenvalue weighted by atomic mass is 32.1. The molecule has 0 aliphatic rings. The van der Waals surface area contributed by atoms with Crippen LogP contribution >= 0.6 is 11.3 Å². The lowest BCUT2D eigenvalue weighted by Crippen LogP contribution is -2.12. The highest BCUT2D eigenvalue weighted by Crippen LogP contribution is 2.31. The molecule has 1 aromatic carbocycles. The van der Waals surface area contributed by atoms with Crippen molar-refractivity contribution in [1.82, 2.24) is 4.57 Å². The third-order valence-electron chi connectivity index (χ3n) is 5.13. The zero-order chi connectivity index (χ0) is 24.1. The van der Waals surface area contributed by atoms with Crippen molar-refractivity contribution >= 4 is 46.0 Å². The average Bonchev–Trinajstić information content (AvgIpc) is 3.28. The number of fused-ring (bicyclic) bond motifs is 1. The summed E-state index contributed by atoms with van der Waals surface area (Å²) in [6.45, 7) is 5.33. The first-order valence-electron chi connectivity index (χ1n) is 10.5. The zero-order valence-electron chi connectivity index (χ0n) is 18.9. The summed E-state index contributed by atoms with van der Waals surface area (Å²) in [6.07, 6.45) is 3.21. The van der Waals surface area contributed by atoms with Crippen LogP contribution in [0.15, 0.2) is 36.0 Å². The van der Waals surface area contributed by atoms with Gasteiger partial charge >= 0.3 is 11.9 Å². The molecule has 3 rings (SSSR count). The van der Waals surface area contributed by atoms with Crippen LogP contribution in [-0.2, 0) is 27.7 Å². The molecule has 0 fully saturated rings. The Labute approximate surface area is 195 Å². The molecule has 33 heavy (non-hydrogen) atoms. The number of hydrogen-bond acceptors (Lipinski definition) is 7. The van der Waals surface area contributed by atoms with E-state index in [4.69, 9.17) is 9.47 Å². The van der Waals surface area contributed by atoms with Crippen LogP contribution in [0.1, 0.15) is 49.9 Å². The molecular weight excluding hydrogens is 440 g/mol. The van der Waals surface area contributed by atoms with Gasteiger partial charge in [-0.15, -0.1) is 11.3 Å². The molecule has 2 aromatic heterocycles. The van der Waals surface area contributed by atoms with Crippen LogP contribution in [0.2, 0.25) is 0 Å². The number of aryl methyl sites for hydroxylation is 1. The van der Waals surface area contributed by atoms with Gasteiger partial charge in [-0.3, -0.25) is 4.79 Å². The third kappa shape index (κ3) is 4.89. The Morgan fingerprint density at radius 3 is 2.45 bits per heavy atom. The first-order valence-corrected chi connectivity index (χ1v) is 11.3. The van der Waals surface area contributed by atoms with Gasteiger partial charge in [0.15, 0.2) is 5.78 Å². The Bertz CT molecular complexity index is 1310. The summed E-state index contributed by atoms with van der Waals surface area (Å²) in [4.78, 5) is 38.6. The Hall–Kier alpha value is -3.70. The molecule has 3 aromatic rings. The standard InChI is InChI=1S/C25H24N2O5S/c1-5-31-24(29)22-15(3)23(25(30)32-6-2)33-21(22)12-20(28)16(13-26)11-17-14-27(4)19-10-8-7-9-18(17)19/h7-11,14H,5-6,12H2,1-4H3/b16-11+. The van der Waals surface area contributed by atoms with Gasteiger partial charge in [0, 0.05) is 41.0 Å². The molecule has 0 aliphatic heterocycles. The number of hydrogen-bond donors (Lipinski definition) is 0. The topological polar surface area (TPSA) is 98.4 Å². The molecule has 2 heterocycles. The first kappa shape index (κ1) is 24.0. The summed E-state index contributed by atoms with van der Waals surface area (Å²) in [5.74, 6) is -1.62. The van der Waals surface area contributed by atoms with Crippen LogP contribution in [0.25, 0.3) is 17.0 Å². The fourth-order valence-electron chi connectivity index (χ4n) is 3.62. The summed E-state index contributed by atoms with van der Waals surface area (Å²) >= 11 is 1.02. The van der Waals surface area contributed by atoms with E-state index in [1.54, 1.807) is 26.8 Å². The number of Topliss-reactive ketones (excluding diaryl/α,β-unsaturated/α-hetero) is 1. The van der Waals surface area contributed by atoms with Gasteiger partial charge in [0.2, 0.25) is 0 Å². The fourth-order valence-corrected chi connectivity index (χ4v) is 4.80. The summed E-state index contributed by atoms with van der Waals surface area (Å²) < 4.78 is 12.1. The van der Waals surface area contributed by atoms with E-state index in [1.807, 2.05) is 48.1 Å². The van der Waals surface area contributed by atoms with E-state index in [-0.39, 0.29) is 35.6 Å². The minimum Gasteiger partial charge on any atom is -0.462 e. The Balaban J connectivity index is 2.00. The number of aromatic nitrogens is 1. The van der Waals surface area contributed by atoms with E-state index in [0.717, 1.165) is 27.8 Å². The van der Waals surface area contributed by atoms with Gasteiger partial charge in [-0.1, -0.05) is 18.2 Å². The molecular formula is C25H24N2O5S. The zero-order valence-corrected chi connectivity index (χ0v) is 19.7. The van der Waals surface area contributed by atoms with Crippen molar-refractivity contribution in [2.75, 3.05) is 13.2 Å². The number of ether oxygens (including phenoxy) is 2. The van der Waals surface area contributed by atoms with E-state index in [1.165, 1.54) is 0 Å². The van der Waals surface area contributed by atoms with Crippen LogP contribution in [0.3, 0.4) is 0 Å². The Morgan fingerprint density at radius 1 is 1.12 bits per heavy atom. The number of nitrogens with zero attached hydrogens (tertiary/aromatic N) is 2.